The number of halogens is 2. The van der Waals surface area contributed by atoms with Crippen LogP contribution >= 0.6 is 23.2 Å². The molecular weight excluding hydrogens is 223 g/mol. The molecular formula is C9H10Cl2N2O. The van der Waals surface area contributed by atoms with Crippen LogP contribution in [0.2, 0.25) is 10.0 Å². The Hall–Kier alpha value is -0.770. The molecule has 0 saturated carbocycles. The van der Waals surface area contributed by atoms with Gasteiger partial charge in [-0.25, -0.2) is 5.06 Å². The van der Waals surface area contributed by atoms with Crippen molar-refractivity contribution in [3.63, 3.8) is 0 Å². The van der Waals surface area contributed by atoms with Gasteiger partial charge in [-0.3, -0.25) is 10.2 Å². The average molecular weight is 233 g/mol. The van der Waals surface area contributed by atoms with E-state index in [-0.39, 0.29) is 0 Å². The molecule has 0 spiro atoms. The molecule has 3 nitrogen and oxygen atoms in total. The van der Waals surface area contributed by atoms with Gasteiger partial charge < -0.3 is 0 Å². The van der Waals surface area contributed by atoms with Gasteiger partial charge >= 0.3 is 0 Å². The Kier molecular flexibility index (Phi) is 4.20. The van der Waals surface area contributed by atoms with Crippen LogP contribution in [-0.4, -0.2) is 12.9 Å². The Morgan fingerprint density at radius 1 is 1.50 bits per heavy atom. The molecule has 0 radical (unpaired) electrons. The van der Waals surface area contributed by atoms with Gasteiger partial charge in [-0.15, -0.1) is 0 Å². The van der Waals surface area contributed by atoms with Gasteiger partial charge in [0, 0.05) is 5.02 Å². The van der Waals surface area contributed by atoms with Gasteiger partial charge in [-0.2, -0.15) is 0 Å². The smallest absolute Gasteiger partial charge is 0.113 e. The van der Waals surface area contributed by atoms with Crippen LogP contribution < -0.4 is 5.06 Å². The third kappa shape index (κ3) is 2.61. The van der Waals surface area contributed by atoms with Crippen molar-refractivity contribution in [1.82, 2.24) is 0 Å². The SMILES string of the molecule is CCON(C=N)c1ccc(Cl)cc1Cl. The second kappa shape index (κ2) is 5.20. The maximum atomic E-state index is 7.14. The Morgan fingerprint density at radius 3 is 2.71 bits per heavy atom. The molecule has 1 aromatic rings. The highest BCUT2D eigenvalue weighted by Gasteiger charge is 2.08. The molecule has 0 heterocycles. The van der Waals surface area contributed by atoms with E-state index in [1.165, 1.54) is 5.06 Å². The summed E-state index contributed by atoms with van der Waals surface area (Å²) in [5.41, 5.74) is 0.605. The molecule has 0 aliphatic heterocycles. The van der Waals surface area contributed by atoms with Crippen LogP contribution in [0.15, 0.2) is 18.2 Å². The largest absolute Gasteiger partial charge is 0.289 e. The minimum absolute atomic E-state index is 0.453. The second-order valence-electron chi connectivity index (χ2n) is 2.47. The number of anilines is 1. The zero-order valence-electron chi connectivity index (χ0n) is 7.63. The molecule has 0 unspecified atom stereocenters. The zero-order valence-corrected chi connectivity index (χ0v) is 9.14. The number of rotatable bonds is 4. The predicted octanol–water partition coefficient (Wildman–Crippen LogP) is 3.36. The number of nitrogens with one attached hydrogen (secondary N) is 1. The molecule has 0 saturated heterocycles. The van der Waals surface area contributed by atoms with Gasteiger partial charge in [0.15, 0.2) is 0 Å². The summed E-state index contributed by atoms with van der Waals surface area (Å²) in [5, 5.41) is 9.43. The molecule has 76 valence electrons. The van der Waals surface area contributed by atoms with Crippen LogP contribution in [0.4, 0.5) is 5.69 Å². The summed E-state index contributed by atoms with van der Waals surface area (Å²) in [4.78, 5) is 5.16. The molecule has 0 aliphatic rings. The maximum absolute atomic E-state index is 7.14. The summed E-state index contributed by atoms with van der Waals surface area (Å²) >= 11 is 11.7. The summed E-state index contributed by atoms with van der Waals surface area (Å²) in [6.45, 7) is 2.30. The van der Waals surface area contributed by atoms with E-state index in [0.29, 0.717) is 22.3 Å². The minimum atomic E-state index is 0.453. The van der Waals surface area contributed by atoms with Crippen LogP contribution in [-0.2, 0) is 4.84 Å². The molecule has 5 heteroatoms. The number of hydrogen-bond donors (Lipinski definition) is 1. The highest BCUT2D eigenvalue weighted by atomic mass is 35.5. The van der Waals surface area contributed by atoms with Crippen LogP contribution in [0.3, 0.4) is 0 Å². The van der Waals surface area contributed by atoms with Crippen molar-refractivity contribution in [3.05, 3.63) is 28.2 Å². The summed E-state index contributed by atoms with van der Waals surface area (Å²) < 4.78 is 0. The highest BCUT2D eigenvalue weighted by Crippen LogP contribution is 2.28. The van der Waals surface area contributed by atoms with E-state index < -0.39 is 0 Å². The molecule has 1 N–H and O–H groups in total. The summed E-state index contributed by atoms with van der Waals surface area (Å²) in [5.74, 6) is 0. The molecule has 0 atom stereocenters. The first-order valence-corrected chi connectivity index (χ1v) is 4.82. The quantitative estimate of drug-likeness (QED) is 0.491. The molecule has 0 fully saturated rings. The number of benzene rings is 1. The standard InChI is InChI=1S/C9H10Cl2N2O/c1-2-14-13(6-12)9-4-3-7(10)5-8(9)11/h3-6,12H,2H2,1H3. The van der Waals surface area contributed by atoms with E-state index in [2.05, 4.69) is 0 Å². The van der Waals surface area contributed by atoms with Crippen LogP contribution in [0.5, 0.6) is 0 Å². The molecule has 0 amide bonds. The van der Waals surface area contributed by atoms with Crippen molar-refractivity contribution in [3.8, 4) is 0 Å². The molecule has 14 heavy (non-hydrogen) atoms. The van der Waals surface area contributed by atoms with Crippen LogP contribution in [0.1, 0.15) is 6.92 Å². The number of hydroxylamine groups is 1. The fourth-order valence-electron chi connectivity index (χ4n) is 0.975. The first-order chi connectivity index (χ1) is 6.69. The van der Waals surface area contributed by atoms with Crippen molar-refractivity contribution < 1.29 is 4.84 Å². The zero-order chi connectivity index (χ0) is 10.6. The molecule has 0 bridgehead atoms. The summed E-state index contributed by atoms with van der Waals surface area (Å²) in [6, 6.07) is 5.00. The van der Waals surface area contributed by atoms with Crippen LogP contribution in [0, 0.1) is 5.41 Å². The highest BCUT2D eigenvalue weighted by molar-refractivity contribution is 6.36. The lowest BCUT2D eigenvalue weighted by atomic mass is 10.3. The lowest BCUT2D eigenvalue weighted by molar-refractivity contribution is 0.159. The Bertz CT molecular complexity index is 331. The lowest BCUT2D eigenvalue weighted by Gasteiger charge is -2.18. The Balaban J connectivity index is 2.98. The first kappa shape index (κ1) is 11.3. The summed E-state index contributed by atoms with van der Waals surface area (Å²) in [6.07, 6.45) is 1.05. The van der Waals surface area contributed by atoms with Gasteiger partial charge in [0.2, 0.25) is 0 Å². The summed E-state index contributed by atoms with van der Waals surface area (Å²) in [7, 11) is 0. The lowest BCUT2D eigenvalue weighted by Crippen LogP contribution is -2.21. The van der Waals surface area contributed by atoms with E-state index >= 15 is 0 Å². The number of nitrogens with zero attached hydrogens (tertiary/aromatic N) is 1. The van der Waals surface area contributed by atoms with E-state index in [1.807, 2.05) is 6.92 Å². The predicted molar refractivity (Wildman–Crippen MR) is 59.4 cm³/mol. The van der Waals surface area contributed by atoms with E-state index in [1.54, 1.807) is 18.2 Å². The van der Waals surface area contributed by atoms with Gasteiger partial charge in [-0.05, 0) is 25.1 Å². The Morgan fingerprint density at radius 2 is 2.21 bits per heavy atom. The van der Waals surface area contributed by atoms with Crippen molar-refractivity contribution in [1.29, 1.82) is 5.41 Å². The van der Waals surface area contributed by atoms with Crippen molar-refractivity contribution in [2.75, 3.05) is 11.7 Å². The molecule has 0 aliphatic carbocycles. The van der Waals surface area contributed by atoms with E-state index in [9.17, 15) is 0 Å². The maximum Gasteiger partial charge on any atom is 0.113 e. The normalized spacial score (nSPS) is 9.93. The van der Waals surface area contributed by atoms with Gasteiger partial charge in [0.1, 0.15) is 6.34 Å². The van der Waals surface area contributed by atoms with Crippen molar-refractivity contribution in [2.45, 2.75) is 6.92 Å². The van der Waals surface area contributed by atoms with Gasteiger partial charge in [0.05, 0.1) is 17.3 Å². The second-order valence-corrected chi connectivity index (χ2v) is 3.31. The van der Waals surface area contributed by atoms with Crippen LogP contribution in [0.25, 0.3) is 0 Å². The third-order valence-electron chi connectivity index (χ3n) is 1.53. The van der Waals surface area contributed by atoms with E-state index in [0.717, 1.165) is 6.34 Å². The monoisotopic (exact) mass is 232 g/mol. The molecule has 1 rings (SSSR count). The first-order valence-electron chi connectivity index (χ1n) is 4.06. The minimum Gasteiger partial charge on any atom is -0.289 e. The Labute approximate surface area is 92.6 Å². The van der Waals surface area contributed by atoms with E-state index in [4.69, 9.17) is 33.4 Å². The molecule has 0 aromatic heterocycles. The number of hydrogen-bond acceptors (Lipinski definition) is 2. The fourth-order valence-corrected chi connectivity index (χ4v) is 1.47. The van der Waals surface area contributed by atoms with Gasteiger partial charge in [0.25, 0.3) is 0 Å². The van der Waals surface area contributed by atoms with Crippen molar-refractivity contribution in [2.24, 2.45) is 0 Å². The average Bonchev–Trinajstić information content (AvgIpc) is 2.15. The topological polar surface area (TPSA) is 36.3 Å². The van der Waals surface area contributed by atoms with Gasteiger partial charge in [-0.1, -0.05) is 23.2 Å². The molecule has 1 aromatic carbocycles. The fraction of sp³-hybridized carbons (Fsp3) is 0.222. The van der Waals surface area contributed by atoms with Crippen molar-refractivity contribution >= 4 is 35.2 Å². The third-order valence-corrected chi connectivity index (χ3v) is 2.07.